The fourth-order valence-corrected chi connectivity index (χ4v) is 10.5. The number of fused-ring (bicyclic) bond motifs is 4. The zero-order chi connectivity index (χ0) is 44.2. The molecule has 4 saturated heterocycles. The summed E-state index contributed by atoms with van der Waals surface area (Å²) in [7, 11) is 1.66. The maximum atomic E-state index is 14.3. The maximum Gasteiger partial charge on any atom is 0.329 e. The summed E-state index contributed by atoms with van der Waals surface area (Å²) in [5.74, 6) is 6.12. The predicted octanol–water partition coefficient (Wildman–Crippen LogP) is 4.38. The van der Waals surface area contributed by atoms with E-state index < -0.39 is 30.0 Å². The number of nitrogens with one attached hydrogen (secondary N) is 2. The Labute approximate surface area is 367 Å². The van der Waals surface area contributed by atoms with Crippen LogP contribution in [0.15, 0.2) is 47.7 Å². The SMILES string of the molecule is C[C@H]1C[C@@H](OCC#Cc2cccc3c2n(C)c(=O)n3C2CCC(=O)NC2=O)CCN1C[C@H]1CC[C@H](n2cc(NC(=O)c3cnn4ccc(N5C[C@H]6C[C@@H]5CO6)nc34)c(C(F)F)n2)CC1. The standard InChI is InChI=1S/C45H51F2N11O6/c1-26-19-31(63-18-4-6-28-5-3-7-35-40(28)53(2)45(62)58(35)36-12-13-38(59)51-44(36)61)14-16-54(26)22-27-8-10-29(11-9-27)57-24-34(39(52-57)41(46)47)49-43(60)33-21-48-56-17-15-37(50-42(33)56)55-23-32-20-30(55)25-64-32/h3,5,7,15,17,21,24,26-27,29-32,36,41H,8-14,16,18-20,22-23,25H2,1-2H3,(H,49,60)(H,51,59,61)/t26-,27-,29-,30+,31-,32+,36?/m0/s1. The number of imide groups is 1. The van der Waals surface area contributed by atoms with Gasteiger partial charge in [0, 0.05) is 51.5 Å². The molecule has 1 saturated carbocycles. The van der Waals surface area contributed by atoms with E-state index in [4.69, 9.17) is 14.5 Å². The van der Waals surface area contributed by atoms with Gasteiger partial charge in [-0.3, -0.25) is 33.5 Å². The van der Waals surface area contributed by atoms with Crippen molar-refractivity contribution >= 4 is 45.9 Å². The molecule has 10 rings (SSSR count). The van der Waals surface area contributed by atoms with Gasteiger partial charge in [-0.15, -0.1) is 0 Å². The van der Waals surface area contributed by atoms with Gasteiger partial charge in [-0.25, -0.2) is 23.1 Å². The zero-order valence-electron chi connectivity index (χ0n) is 35.8. The van der Waals surface area contributed by atoms with Crippen LogP contribution in [-0.2, 0) is 26.1 Å². The van der Waals surface area contributed by atoms with Crippen LogP contribution >= 0.6 is 0 Å². The summed E-state index contributed by atoms with van der Waals surface area (Å²) in [6, 6.07) is 7.04. The van der Waals surface area contributed by atoms with Gasteiger partial charge in [-0.05, 0) is 82.4 Å². The molecule has 1 aromatic carbocycles. The van der Waals surface area contributed by atoms with Gasteiger partial charge >= 0.3 is 5.69 Å². The smallest absolute Gasteiger partial charge is 0.329 e. The minimum atomic E-state index is -2.87. The Kier molecular flexibility index (Phi) is 11.3. The molecule has 1 unspecified atom stereocenters. The minimum absolute atomic E-state index is 0.0115. The van der Waals surface area contributed by atoms with E-state index in [0.717, 1.165) is 70.4 Å². The molecule has 19 heteroatoms. The molecule has 17 nitrogen and oxygen atoms in total. The number of hydrogen-bond donors (Lipinski definition) is 2. The summed E-state index contributed by atoms with van der Waals surface area (Å²) in [6.07, 6.45) is 8.65. The largest absolute Gasteiger partial charge is 0.374 e. The van der Waals surface area contributed by atoms with Crippen molar-refractivity contribution in [2.45, 2.75) is 108 Å². The van der Waals surface area contributed by atoms with Crippen LogP contribution < -0.4 is 21.2 Å². The number of morpholine rings is 1. The molecule has 3 amide bonds. The highest BCUT2D eigenvalue weighted by molar-refractivity contribution is 6.08. The van der Waals surface area contributed by atoms with Crippen LogP contribution in [0.1, 0.15) is 105 Å². The summed E-state index contributed by atoms with van der Waals surface area (Å²) in [5, 5.41) is 13.6. The van der Waals surface area contributed by atoms with Gasteiger partial charge in [0.05, 0.1) is 59.4 Å². The summed E-state index contributed by atoms with van der Waals surface area (Å²) in [4.78, 5) is 60.6. The Balaban J connectivity index is 0.712. The first-order chi connectivity index (χ1) is 31.0. The molecule has 8 heterocycles. The van der Waals surface area contributed by atoms with E-state index in [-0.39, 0.29) is 66.6 Å². The van der Waals surface area contributed by atoms with Crippen LogP contribution in [0.2, 0.25) is 0 Å². The van der Waals surface area contributed by atoms with Crippen LogP contribution in [0.3, 0.4) is 0 Å². The van der Waals surface area contributed by atoms with E-state index in [1.165, 1.54) is 26.0 Å². The molecule has 64 heavy (non-hydrogen) atoms. The molecule has 0 radical (unpaired) electrons. The number of halogens is 2. The van der Waals surface area contributed by atoms with Crippen LogP contribution in [-0.4, -0.2) is 113 Å². The number of anilines is 2. The van der Waals surface area contributed by atoms with E-state index in [1.54, 1.807) is 24.0 Å². The second-order valence-electron chi connectivity index (χ2n) is 17.9. The average Bonchev–Trinajstić information content (AvgIpc) is 4.14. The highest BCUT2D eigenvalue weighted by Gasteiger charge is 2.40. The average molecular weight is 880 g/mol. The lowest BCUT2D eigenvalue weighted by Crippen LogP contribution is -2.46. The van der Waals surface area contributed by atoms with Crippen molar-refractivity contribution in [3.8, 4) is 11.8 Å². The molecule has 5 atom stereocenters. The molecule has 4 aromatic heterocycles. The summed E-state index contributed by atoms with van der Waals surface area (Å²) in [6.45, 7) is 5.68. The van der Waals surface area contributed by atoms with Crippen molar-refractivity contribution in [1.29, 1.82) is 0 Å². The number of hydrogen-bond acceptors (Lipinski definition) is 11. The number of aromatic nitrogens is 7. The molecule has 5 fully saturated rings. The Morgan fingerprint density at radius 2 is 1.92 bits per heavy atom. The first-order valence-electron chi connectivity index (χ1n) is 22.3. The molecule has 5 aliphatic rings. The zero-order valence-corrected chi connectivity index (χ0v) is 35.8. The van der Waals surface area contributed by atoms with Crippen molar-refractivity contribution in [1.82, 2.24) is 43.7 Å². The van der Waals surface area contributed by atoms with Gasteiger partial charge in [0.2, 0.25) is 11.8 Å². The number of carbonyl (C=O) groups is 3. The molecule has 5 aromatic rings. The third-order valence-corrected chi connectivity index (χ3v) is 13.9. The third kappa shape index (κ3) is 7.96. The lowest BCUT2D eigenvalue weighted by atomic mass is 9.85. The molecule has 2 bridgehead atoms. The summed E-state index contributed by atoms with van der Waals surface area (Å²) in [5.41, 5.74) is 1.62. The number of nitrogens with zero attached hydrogens (tertiary/aromatic N) is 9. The van der Waals surface area contributed by atoms with Gasteiger partial charge in [-0.2, -0.15) is 10.2 Å². The second-order valence-corrected chi connectivity index (χ2v) is 17.9. The number of likely N-dealkylation sites (tertiary alicyclic amines) is 1. The molecule has 0 spiro atoms. The number of benzene rings is 1. The van der Waals surface area contributed by atoms with Crippen molar-refractivity contribution in [3.63, 3.8) is 0 Å². The number of rotatable bonds is 10. The van der Waals surface area contributed by atoms with Gasteiger partial charge < -0.3 is 24.6 Å². The van der Waals surface area contributed by atoms with E-state index in [0.29, 0.717) is 40.8 Å². The quantitative estimate of drug-likeness (QED) is 0.151. The van der Waals surface area contributed by atoms with Crippen LogP contribution in [0.4, 0.5) is 20.3 Å². The van der Waals surface area contributed by atoms with Gasteiger partial charge in [0.25, 0.3) is 12.3 Å². The molecular weight excluding hydrogens is 829 g/mol. The number of para-hydroxylation sites is 1. The fourth-order valence-electron chi connectivity index (χ4n) is 10.5. The Hall–Kier alpha value is -5.97. The van der Waals surface area contributed by atoms with Crippen molar-refractivity contribution < 1.29 is 32.6 Å². The lowest BCUT2D eigenvalue weighted by molar-refractivity contribution is -0.135. The number of alkyl halides is 2. The highest BCUT2D eigenvalue weighted by atomic mass is 19.3. The normalized spacial score (nSPS) is 26.2. The van der Waals surface area contributed by atoms with Gasteiger partial charge in [-0.1, -0.05) is 17.9 Å². The molecule has 2 N–H and O–H groups in total. The first kappa shape index (κ1) is 42.0. The molecule has 4 aliphatic heterocycles. The highest BCUT2D eigenvalue weighted by Crippen LogP contribution is 2.37. The number of aryl methyl sites for hydroxylation is 1. The number of piperidine rings is 2. The fraction of sp³-hybridized carbons (Fsp3) is 0.533. The monoisotopic (exact) mass is 879 g/mol. The van der Waals surface area contributed by atoms with Crippen molar-refractivity contribution in [3.05, 3.63) is 70.2 Å². The van der Waals surface area contributed by atoms with Crippen molar-refractivity contribution in [2.24, 2.45) is 13.0 Å². The second kappa shape index (κ2) is 17.2. The number of imidazole rings is 1. The van der Waals surface area contributed by atoms with E-state index >= 15 is 0 Å². The van der Waals surface area contributed by atoms with Crippen molar-refractivity contribution in [2.75, 3.05) is 43.1 Å². The van der Waals surface area contributed by atoms with E-state index in [9.17, 15) is 28.0 Å². The van der Waals surface area contributed by atoms with Crippen LogP contribution in [0.5, 0.6) is 0 Å². The summed E-state index contributed by atoms with van der Waals surface area (Å²) >= 11 is 0. The topological polar surface area (TPSA) is 175 Å². The Morgan fingerprint density at radius 3 is 2.67 bits per heavy atom. The lowest BCUT2D eigenvalue weighted by Gasteiger charge is -2.40. The Morgan fingerprint density at radius 1 is 1.08 bits per heavy atom. The van der Waals surface area contributed by atoms with Gasteiger partial charge in [0.15, 0.2) is 11.3 Å². The third-order valence-electron chi connectivity index (χ3n) is 13.9. The Bertz CT molecular complexity index is 2740. The maximum absolute atomic E-state index is 14.3. The first-order valence-corrected chi connectivity index (χ1v) is 22.3. The van der Waals surface area contributed by atoms with Gasteiger partial charge in [0.1, 0.15) is 24.0 Å². The van der Waals surface area contributed by atoms with Crippen LogP contribution in [0, 0.1) is 17.8 Å². The van der Waals surface area contributed by atoms with E-state index in [2.05, 4.69) is 49.4 Å². The minimum Gasteiger partial charge on any atom is -0.374 e. The molecular formula is C45H51F2N11O6. The number of ether oxygens (including phenoxy) is 2. The predicted molar refractivity (Wildman–Crippen MR) is 230 cm³/mol. The number of amides is 3. The summed E-state index contributed by atoms with van der Waals surface area (Å²) < 4.78 is 46.7. The molecule has 336 valence electrons. The van der Waals surface area contributed by atoms with E-state index in [1.807, 2.05) is 18.2 Å². The number of carbonyl (C=O) groups excluding carboxylic acids is 3. The van der Waals surface area contributed by atoms with Crippen LogP contribution in [0.25, 0.3) is 16.7 Å². The molecule has 1 aliphatic carbocycles.